The second-order valence-electron chi connectivity index (χ2n) is 4.81. The first-order valence-corrected chi connectivity index (χ1v) is 8.29. The molecule has 0 aliphatic heterocycles. The van der Waals surface area contributed by atoms with Gasteiger partial charge in [-0.2, -0.15) is 11.8 Å². The Morgan fingerprint density at radius 1 is 1.21 bits per heavy atom. The van der Waals surface area contributed by atoms with Crippen molar-refractivity contribution in [2.45, 2.75) is 50.8 Å². The number of hydrogen-bond donors (Lipinski definition) is 1. The fraction of sp³-hybridized carbons (Fsp3) is 0.625. The Morgan fingerprint density at radius 3 is 2.58 bits per heavy atom. The Kier molecular flexibility index (Phi) is 7.99. The Bertz CT molecular complexity index is 356. The van der Waals surface area contributed by atoms with Gasteiger partial charge in [0.2, 0.25) is 0 Å². The van der Waals surface area contributed by atoms with E-state index >= 15 is 0 Å². The summed E-state index contributed by atoms with van der Waals surface area (Å²) >= 11 is 1.97. The molecule has 3 heteroatoms. The summed E-state index contributed by atoms with van der Waals surface area (Å²) in [4.78, 5) is 0. The molecule has 0 aromatic heterocycles. The maximum atomic E-state index is 6.31. The molecule has 2 N–H and O–H groups in total. The van der Waals surface area contributed by atoms with E-state index in [1.54, 1.807) is 7.11 Å². The zero-order valence-electron chi connectivity index (χ0n) is 12.4. The predicted octanol–water partition coefficient (Wildman–Crippen LogP) is 4.40. The number of para-hydroxylation sites is 1. The normalized spacial score (nSPS) is 14.1. The SMILES string of the molecule is CCCCCSC(c1ccccc1OC)C(N)CC. The monoisotopic (exact) mass is 281 g/mol. The Hall–Kier alpha value is -0.670. The lowest BCUT2D eigenvalue weighted by Gasteiger charge is -2.24. The van der Waals surface area contributed by atoms with Crippen LogP contribution in [0, 0.1) is 0 Å². The van der Waals surface area contributed by atoms with Gasteiger partial charge in [-0.05, 0) is 24.7 Å². The molecule has 0 saturated heterocycles. The van der Waals surface area contributed by atoms with E-state index in [2.05, 4.69) is 26.0 Å². The lowest BCUT2D eigenvalue weighted by Crippen LogP contribution is -2.26. The van der Waals surface area contributed by atoms with Crippen molar-refractivity contribution in [2.75, 3.05) is 12.9 Å². The topological polar surface area (TPSA) is 35.2 Å². The minimum atomic E-state index is 0.183. The summed E-state index contributed by atoms with van der Waals surface area (Å²) in [5.74, 6) is 2.13. The summed E-state index contributed by atoms with van der Waals surface area (Å²) in [6, 6.07) is 8.43. The van der Waals surface area contributed by atoms with E-state index in [4.69, 9.17) is 10.5 Å². The van der Waals surface area contributed by atoms with Gasteiger partial charge in [0, 0.05) is 16.9 Å². The number of hydrogen-bond acceptors (Lipinski definition) is 3. The van der Waals surface area contributed by atoms with Crippen LogP contribution in [0.1, 0.15) is 50.3 Å². The zero-order valence-corrected chi connectivity index (χ0v) is 13.2. The quantitative estimate of drug-likeness (QED) is 0.681. The summed E-state index contributed by atoms with van der Waals surface area (Å²) in [5, 5.41) is 0.331. The Morgan fingerprint density at radius 2 is 1.95 bits per heavy atom. The van der Waals surface area contributed by atoms with Crippen LogP contribution in [-0.4, -0.2) is 18.9 Å². The maximum absolute atomic E-state index is 6.31. The molecule has 0 aliphatic rings. The lowest BCUT2D eigenvalue weighted by atomic mass is 10.0. The van der Waals surface area contributed by atoms with E-state index in [0.717, 1.165) is 12.2 Å². The van der Waals surface area contributed by atoms with Crippen LogP contribution in [0.25, 0.3) is 0 Å². The van der Waals surface area contributed by atoms with E-state index in [9.17, 15) is 0 Å². The molecule has 0 aliphatic carbocycles. The second kappa shape index (κ2) is 9.27. The summed E-state index contributed by atoms with van der Waals surface area (Å²) in [6.45, 7) is 4.39. The highest BCUT2D eigenvalue weighted by atomic mass is 32.2. The molecule has 108 valence electrons. The van der Waals surface area contributed by atoms with Crippen molar-refractivity contribution in [1.29, 1.82) is 0 Å². The standard InChI is InChI=1S/C16H27NOS/c1-4-6-9-12-19-16(14(17)5-2)13-10-7-8-11-15(13)18-3/h7-8,10-11,14,16H,4-6,9,12,17H2,1-3H3. The summed E-state index contributed by atoms with van der Waals surface area (Å²) in [6.07, 6.45) is 4.82. The number of ether oxygens (including phenoxy) is 1. The number of benzene rings is 1. The van der Waals surface area contributed by atoms with Gasteiger partial charge >= 0.3 is 0 Å². The lowest BCUT2D eigenvalue weighted by molar-refractivity contribution is 0.407. The van der Waals surface area contributed by atoms with E-state index in [1.807, 2.05) is 23.9 Å². The van der Waals surface area contributed by atoms with Gasteiger partial charge in [-0.3, -0.25) is 0 Å². The van der Waals surface area contributed by atoms with Crippen molar-refractivity contribution in [3.8, 4) is 5.75 Å². The maximum Gasteiger partial charge on any atom is 0.123 e. The highest BCUT2D eigenvalue weighted by Gasteiger charge is 2.21. The van der Waals surface area contributed by atoms with Gasteiger partial charge in [-0.25, -0.2) is 0 Å². The summed E-state index contributed by atoms with van der Waals surface area (Å²) < 4.78 is 5.48. The molecule has 0 saturated carbocycles. The number of rotatable bonds is 9. The fourth-order valence-corrected chi connectivity index (χ4v) is 3.56. The minimum absolute atomic E-state index is 0.183. The number of unbranched alkanes of at least 4 members (excludes halogenated alkanes) is 2. The third-order valence-electron chi connectivity index (χ3n) is 3.35. The van der Waals surface area contributed by atoms with Gasteiger partial charge in [-0.15, -0.1) is 0 Å². The molecule has 0 spiro atoms. The van der Waals surface area contributed by atoms with Crippen molar-refractivity contribution in [1.82, 2.24) is 0 Å². The molecule has 2 unspecified atom stereocenters. The molecule has 1 aromatic carbocycles. The minimum Gasteiger partial charge on any atom is -0.496 e. The van der Waals surface area contributed by atoms with Crippen molar-refractivity contribution in [3.05, 3.63) is 29.8 Å². The average Bonchev–Trinajstić information content (AvgIpc) is 2.46. The van der Waals surface area contributed by atoms with Gasteiger partial charge in [0.25, 0.3) is 0 Å². The van der Waals surface area contributed by atoms with Gasteiger partial charge in [0.05, 0.1) is 7.11 Å². The largest absolute Gasteiger partial charge is 0.496 e. The van der Waals surface area contributed by atoms with Gasteiger partial charge < -0.3 is 10.5 Å². The molecular weight excluding hydrogens is 254 g/mol. The van der Waals surface area contributed by atoms with Crippen LogP contribution in [0.3, 0.4) is 0 Å². The Labute approximate surface area is 122 Å². The molecule has 1 rings (SSSR count). The first-order chi connectivity index (χ1) is 9.24. The van der Waals surface area contributed by atoms with Crippen molar-refractivity contribution in [2.24, 2.45) is 5.73 Å². The number of nitrogens with two attached hydrogens (primary N) is 1. The summed E-state index contributed by atoms with van der Waals surface area (Å²) in [5.41, 5.74) is 7.55. The van der Waals surface area contributed by atoms with E-state index in [1.165, 1.54) is 30.6 Å². The molecule has 0 fully saturated rings. The second-order valence-corrected chi connectivity index (χ2v) is 6.06. The first kappa shape index (κ1) is 16.4. The van der Waals surface area contributed by atoms with Crippen LogP contribution < -0.4 is 10.5 Å². The highest BCUT2D eigenvalue weighted by molar-refractivity contribution is 7.99. The van der Waals surface area contributed by atoms with Crippen LogP contribution in [0.2, 0.25) is 0 Å². The van der Waals surface area contributed by atoms with Gasteiger partial charge in [-0.1, -0.05) is 44.9 Å². The molecule has 1 aromatic rings. The van der Waals surface area contributed by atoms with Crippen LogP contribution in [0.4, 0.5) is 0 Å². The van der Waals surface area contributed by atoms with Crippen LogP contribution in [0.5, 0.6) is 5.75 Å². The zero-order chi connectivity index (χ0) is 14.1. The molecule has 0 amide bonds. The van der Waals surface area contributed by atoms with Crippen molar-refractivity contribution in [3.63, 3.8) is 0 Å². The third-order valence-corrected chi connectivity index (χ3v) is 4.84. The summed E-state index contributed by atoms with van der Waals surface area (Å²) in [7, 11) is 1.73. The predicted molar refractivity (Wildman–Crippen MR) is 86.0 cm³/mol. The van der Waals surface area contributed by atoms with Crippen LogP contribution >= 0.6 is 11.8 Å². The third kappa shape index (κ3) is 5.07. The Balaban J connectivity index is 2.77. The van der Waals surface area contributed by atoms with Gasteiger partial charge in [0.1, 0.15) is 5.75 Å². The molecular formula is C16H27NOS. The molecule has 19 heavy (non-hydrogen) atoms. The molecule has 0 radical (unpaired) electrons. The molecule has 2 atom stereocenters. The van der Waals surface area contributed by atoms with Gasteiger partial charge in [0.15, 0.2) is 0 Å². The van der Waals surface area contributed by atoms with Crippen LogP contribution in [0.15, 0.2) is 24.3 Å². The van der Waals surface area contributed by atoms with Crippen LogP contribution in [-0.2, 0) is 0 Å². The first-order valence-electron chi connectivity index (χ1n) is 7.24. The number of methoxy groups -OCH3 is 1. The van der Waals surface area contributed by atoms with Crippen molar-refractivity contribution >= 4 is 11.8 Å². The number of thioether (sulfide) groups is 1. The molecule has 0 bridgehead atoms. The highest BCUT2D eigenvalue weighted by Crippen LogP contribution is 2.38. The molecule has 0 heterocycles. The molecule has 2 nitrogen and oxygen atoms in total. The van der Waals surface area contributed by atoms with Crippen molar-refractivity contribution < 1.29 is 4.74 Å². The fourth-order valence-electron chi connectivity index (χ4n) is 2.12. The van der Waals surface area contributed by atoms with E-state index in [-0.39, 0.29) is 6.04 Å². The van der Waals surface area contributed by atoms with E-state index < -0.39 is 0 Å². The average molecular weight is 281 g/mol. The van der Waals surface area contributed by atoms with E-state index in [0.29, 0.717) is 5.25 Å². The smallest absolute Gasteiger partial charge is 0.123 e.